The Hall–Kier alpha value is -0.0800. The Kier molecular flexibility index (Phi) is 18.9. The van der Waals surface area contributed by atoms with Gasteiger partial charge in [0.1, 0.15) is 0 Å². The van der Waals surface area contributed by atoms with E-state index in [9.17, 15) is 0 Å². The van der Waals surface area contributed by atoms with Gasteiger partial charge in [-0.25, -0.2) is 0 Å². The molecule has 1 heterocycles. The van der Waals surface area contributed by atoms with Crippen LogP contribution in [0, 0.1) is 11.8 Å². The molecule has 5 atom stereocenters. The van der Waals surface area contributed by atoms with E-state index in [1.807, 2.05) is 0 Å². The minimum Gasteiger partial charge on any atom is -0.378 e. The highest BCUT2D eigenvalue weighted by molar-refractivity contribution is 4.86. The van der Waals surface area contributed by atoms with Crippen LogP contribution in [-0.4, -0.2) is 36.2 Å². The van der Waals surface area contributed by atoms with E-state index in [0.717, 1.165) is 18.4 Å². The van der Waals surface area contributed by atoms with Crippen LogP contribution < -0.4 is 0 Å². The summed E-state index contributed by atoms with van der Waals surface area (Å²) in [5.41, 5.74) is 0. The normalized spacial score (nSPS) is 23.6. The number of likely N-dealkylation sites (tertiary alicyclic amines) is 1. The van der Waals surface area contributed by atoms with E-state index in [-0.39, 0.29) is 0 Å². The molecule has 0 saturated carbocycles. The average Bonchev–Trinajstić information content (AvgIpc) is 2.80. The maximum absolute atomic E-state index is 6.53. The summed E-state index contributed by atoms with van der Waals surface area (Å²) in [6.45, 7) is 16.5. The molecule has 2 nitrogen and oxygen atoms in total. The average molecular weight is 466 g/mol. The fourth-order valence-corrected chi connectivity index (χ4v) is 6.05. The second kappa shape index (κ2) is 20.1. The number of piperidine rings is 1. The summed E-state index contributed by atoms with van der Waals surface area (Å²) >= 11 is 0. The van der Waals surface area contributed by atoms with Crippen molar-refractivity contribution in [1.29, 1.82) is 0 Å². The van der Waals surface area contributed by atoms with Gasteiger partial charge in [0.05, 0.1) is 6.10 Å². The van der Waals surface area contributed by atoms with Crippen molar-refractivity contribution in [2.24, 2.45) is 11.8 Å². The van der Waals surface area contributed by atoms with Gasteiger partial charge in [0.2, 0.25) is 0 Å². The van der Waals surface area contributed by atoms with Crippen molar-refractivity contribution in [3.8, 4) is 0 Å². The quantitative estimate of drug-likeness (QED) is 0.156. The number of unbranched alkanes of at least 4 members (excludes halogenated alkanes) is 7. The van der Waals surface area contributed by atoms with Gasteiger partial charge in [0.25, 0.3) is 0 Å². The number of rotatable bonds is 21. The van der Waals surface area contributed by atoms with Crippen molar-refractivity contribution in [2.75, 3.05) is 13.2 Å². The molecule has 0 aliphatic carbocycles. The molecule has 0 N–H and O–H groups in total. The first-order chi connectivity index (χ1) is 16.0. The Morgan fingerprint density at radius 2 is 1.09 bits per heavy atom. The maximum Gasteiger partial charge on any atom is 0.0604 e. The molecule has 2 heteroatoms. The second-order valence-corrected chi connectivity index (χ2v) is 11.5. The summed E-state index contributed by atoms with van der Waals surface area (Å²) in [4.78, 5) is 2.84. The van der Waals surface area contributed by atoms with Crippen molar-refractivity contribution in [3.63, 3.8) is 0 Å². The van der Waals surface area contributed by atoms with Crippen molar-refractivity contribution < 1.29 is 4.74 Å². The van der Waals surface area contributed by atoms with E-state index in [1.165, 1.54) is 122 Å². The third-order valence-corrected chi connectivity index (χ3v) is 8.30. The molecule has 1 saturated heterocycles. The van der Waals surface area contributed by atoms with Gasteiger partial charge in [0.15, 0.2) is 0 Å². The fourth-order valence-electron chi connectivity index (χ4n) is 6.05. The van der Waals surface area contributed by atoms with Gasteiger partial charge < -0.3 is 4.74 Å². The summed E-state index contributed by atoms with van der Waals surface area (Å²) in [7, 11) is 0. The maximum atomic E-state index is 6.53. The number of ether oxygens (including phenoxy) is 1. The lowest BCUT2D eigenvalue weighted by molar-refractivity contribution is -0.0427. The monoisotopic (exact) mass is 465 g/mol. The van der Waals surface area contributed by atoms with Crippen LogP contribution >= 0.6 is 0 Å². The molecular formula is C31H63NO. The van der Waals surface area contributed by atoms with Crippen LogP contribution in [0.1, 0.15) is 157 Å². The molecule has 0 radical (unpaired) electrons. The largest absolute Gasteiger partial charge is 0.378 e. The summed E-state index contributed by atoms with van der Waals surface area (Å²) < 4.78 is 6.53. The fraction of sp³-hybridized carbons (Fsp3) is 1.00. The lowest BCUT2D eigenvalue weighted by Crippen LogP contribution is -2.50. The summed E-state index contributed by atoms with van der Waals surface area (Å²) in [6, 6.07) is 1.33. The second-order valence-electron chi connectivity index (χ2n) is 11.5. The van der Waals surface area contributed by atoms with Crippen LogP contribution in [0.3, 0.4) is 0 Å². The molecule has 0 aromatic rings. The van der Waals surface area contributed by atoms with E-state index in [0.29, 0.717) is 18.2 Å². The van der Waals surface area contributed by atoms with Crippen LogP contribution in [-0.2, 0) is 4.74 Å². The van der Waals surface area contributed by atoms with E-state index < -0.39 is 0 Å². The van der Waals surface area contributed by atoms with E-state index in [1.54, 1.807) is 0 Å². The van der Waals surface area contributed by atoms with Crippen molar-refractivity contribution in [2.45, 2.75) is 175 Å². The van der Waals surface area contributed by atoms with Crippen LogP contribution in [0.5, 0.6) is 0 Å². The predicted octanol–water partition coefficient (Wildman–Crippen LogP) is 9.80. The zero-order valence-electron chi connectivity index (χ0n) is 23.9. The van der Waals surface area contributed by atoms with Crippen LogP contribution in [0.2, 0.25) is 0 Å². The molecule has 3 unspecified atom stereocenters. The van der Waals surface area contributed by atoms with E-state index in [4.69, 9.17) is 4.74 Å². The third-order valence-electron chi connectivity index (χ3n) is 8.30. The Balaban J connectivity index is 2.44. The first-order valence-electron chi connectivity index (χ1n) is 15.4. The molecule has 0 bridgehead atoms. The topological polar surface area (TPSA) is 12.5 Å². The molecule has 33 heavy (non-hydrogen) atoms. The molecule has 0 amide bonds. The Bertz CT molecular complexity index is 413. The molecule has 1 aliphatic rings. The molecule has 1 fully saturated rings. The highest BCUT2D eigenvalue weighted by Gasteiger charge is 2.32. The minimum atomic E-state index is 0.479. The molecule has 1 aliphatic heterocycles. The van der Waals surface area contributed by atoms with Gasteiger partial charge in [-0.05, 0) is 57.8 Å². The Morgan fingerprint density at radius 1 is 0.606 bits per heavy atom. The van der Waals surface area contributed by atoms with Crippen molar-refractivity contribution >= 4 is 0 Å². The molecule has 0 aromatic carbocycles. The highest BCUT2D eigenvalue weighted by Crippen LogP contribution is 2.29. The summed E-state index contributed by atoms with van der Waals surface area (Å²) in [5.74, 6) is 1.78. The summed E-state index contributed by atoms with van der Waals surface area (Å²) in [6.07, 6.45) is 25.1. The summed E-state index contributed by atoms with van der Waals surface area (Å²) in [5, 5.41) is 0. The van der Waals surface area contributed by atoms with Gasteiger partial charge in [-0.2, -0.15) is 0 Å². The van der Waals surface area contributed by atoms with Crippen LogP contribution in [0.4, 0.5) is 0 Å². The Morgan fingerprint density at radius 3 is 1.70 bits per heavy atom. The van der Waals surface area contributed by atoms with Gasteiger partial charge >= 0.3 is 0 Å². The molecule has 0 aromatic heterocycles. The zero-order valence-corrected chi connectivity index (χ0v) is 23.9. The van der Waals surface area contributed by atoms with E-state index in [2.05, 4.69) is 46.4 Å². The number of nitrogens with zero attached hydrogens (tertiary/aromatic N) is 1. The minimum absolute atomic E-state index is 0.479. The number of hydrogen-bond acceptors (Lipinski definition) is 2. The first-order valence-corrected chi connectivity index (χ1v) is 15.4. The SMILES string of the molecule is CCCCCCC(CCCC)CCOC1C[C@@H](C)N(CC(CCCC)CCCCC)[C@@H](C)C1. The Labute approximate surface area is 210 Å². The highest BCUT2D eigenvalue weighted by atomic mass is 16.5. The standard InChI is InChI=1S/C31H63NO/c1-7-11-15-17-20-29(18-13-9-3)22-23-33-31-24-27(5)32(28(6)25-31)26-30(19-14-10-4)21-16-12-8-2/h27-31H,7-26H2,1-6H3/t27-,28+,29?,30?,31?. The molecule has 1 rings (SSSR count). The predicted molar refractivity (Wildman–Crippen MR) is 148 cm³/mol. The van der Waals surface area contributed by atoms with Gasteiger partial charge in [0, 0.05) is 25.2 Å². The third kappa shape index (κ3) is 14.2. The molecule has 0 spiro atoms. The van der Waals surface area contributed by atoms with E-state index >= 15 is 0 Å². The molecule has 198 valence electrons. The van der Waals surface area contributed by atoms with Crippen molar-refractivity contribution in [3.05, 3.63) is 0 Å². The van der Waals surface area contributed by atoms with Gasteiger partial charge in [-0.1, -0.05) is 111 Å². The molecular weight excluding hydrogens is 402 g/mol. The first kappa shape index (κ1) is 31.0. The zero-order chi connectivity index (χ0) is 24.3. The number of hydrogen-bond donors (Lipinski definition) is 0. The van der Waals surface area contributed by atoms with Crippen LogP contribution in [0.25, 0.3) is 0 Å². The smallest absolute Gasteiger partial charge is 0.0604 e. The van der Waals surface area contributed by atoms with Crippen LogP contribution in [0.15, 0.2) is 0 Å². The van der Waals surface area contributed by atoms with Gasteiger partial charge in [-0.15, -0.1) is 0 Å². The lowest BCUT2D eigenvalue weighted by atomic mass is 9.89. The van der Waals surface area contributed by atoms with Gasteiger partial charge in [-0.3, -0.25) is 4.90 Å². The van der Waals surface area contributed by atoms with Crippen molar-refractivity contribution in [1.82, 2.24) is 4.90 Å². The lowest BCUT2D eigenvalue weighted by Gasteiger charge is -2.44.